The first-order chi connectivity index (χ1) is 13.4. The van der Waals surface area contributed by atoms with Gasteiger partial charge in [-0.05, 0) is 31.8 Å². The van der Waals surface area contributed by atoms with Crippen molar-refractivity contribution in [3.05, 3.63) is 23.9 Å². The minimum atomic E-state index is -3.81. The molecule has 2 N–H and O–H groups in total. The minimum Gasteiger partial charge on any atom is -0.383 e. The second-order valence-corrected chi connectivity index (χ2v) is 9.94. The van der Waals surface area contributed by atoms with Gasteiger partial charge < -0.3 is 20.3 Å². The molecule has 9 heteroatoms. The number of amides is 1. The van der Waals surface area contributed by atoms with Gasteiger partial charge in [-0.1, -0.05) is 12.2 Å². The Morgan fingerprint density at radius 3 is 2.36 bits per heavy atom. The highest BCUT2D eigenvalue weighted by Gasteiger charge is 2.53. The lowest BCUT2D eigenvalue weighted by Gasteiger charge is -2.44. The van der Waals surface area contributed by atoms with Crippen molar-refractivity contribution in [2.75, 3.05) is 59.5 Å². The third kappa shape index (κ3) is 4.12. The van der Waals surface area contributed by atoms with E-state index in [1.165, 1.54) is 10.0 Å². The van der Waals surface area contributed by atoms with Crippen molar-refractivity contribution in [3.8, 4) is 0 Å². The zero-order valence-electron chi connectivity index (χ0n) is 16.7. The van der Waals surface area contributed by atoms with Gasteiger partial charge in [0.05, 0.1) is 6.61 Å². The lowest BCUT2D eigenvalue weighted by molar-refractivity contribution is -0.121. The van der Waals surface area contributed by atoms with E-state index >= 15 is 0 Å². The summed E-state index contributed by atoms with van der Waals surface area (Å²) in [6.07, 6.45) is 9.01. The highest BCUT2D eigenvalue weighted by Crippen LogP contribution is 2.34. The molecule has 2 fully saturated rings. The molecule has 0 aromatic carbocycles. The van der Waals surface area contributed by atoms with E-state index in [0.717, 1.165) is 19.4 Å². The number of hydrogen-bond donors (Lipinski definition) is 1. The van der Waals surface area contributed by atoms with Gasteiger partial charge >= 0.3 is 0 Å². The van der Waals surface area contributed by atoms with Gasteiger partial charge in [0.2, 0.25) is 15.9 Å². The number of sulfonamides is 1. The highest BCUT2D eigenvalue weighted by atomic mass is 32.2. The molecule has 1 aliphatic carbocycles. The Hall–Kier alpha value is -1.42. The molecular formula is C19H32N4O4S. The standard InChI is InChI=1S/C19H32N4O4S/c1-27-16-15-21-9-7-19(8-10-21,18(20)24)28(25,26)23-13-11-22(12-14-23)17-5-3-2-4-6-17/h3,5-6H,2,4,7-16H2,1H3,(H2,20,24). The summed E-state index contributed by atoms with van der Waals surface area (Å²) in [6.45, 7) is 4.40. The van der Waals surface area contributed by atoms with Crippen LogP contribution in [0.1, 0.15) is 25.7 Å². The Balaban J connectivity index is 1.67. The van der Waals surface area contributed by atoms with E-state index < -0.39 is 20.7 Å². The van der Waals surface area contributed by atoms with Crippen LogP contribution < -0.4 is 5.73 Å². The third-order valence-corrected chi connectivity index (χ3v) is 8.78. The second-order valence-electron chi connectivity index (χ2n) is 7.69. The third-order valence-electron chi connectivity index (χ3n) is 6.14. The summed E-state index contributed by atoms with van der Waals surface area (Å²) in [6, 6.07) is 0. The predicted molar refractivity (Wildman–Crippen MR) is 108 cm³/mol. The Morgan fingerprint density at radius 2 is 1.82 bits per heavy atom. The maximum atomic E-state index is 13.4. The number of carbonyl (C=O) groups is 1. The monoisotopic (exact) mass is 412 g/mol. The van der Waals surface area contributed by atoms with Crippen LogP contribution in [0, 0.1) is 0 Å². The van der Waals surface area contributed by atoms with Crippen LogP contribution in [-0.2, 0) is 19.6 Å². The number of hydrogen-bond acceptors (Lipinski definition) is 6. The van der Waals surface area contributed by atoms with Crippen LogP contribution in [0.3, 0.4) is 0 Å². The molecular weight excluding hydrogens is 380 g/mol. The van der Waals surface area contributed by atoms with Crippen LogP contribution in [0.5, 0.6) is 0 Å². The molecule has 3 aliphatic rings. The Morgan fingerprint density at radius 1 is 1.14 bits per heavy atom. The molecule has 1 amide bonds. The number of ether oxygens (including phenoxy) is 1. The smallest absolute Gasteiger partial charge is 0.240 e. The topological polar surface area (TPSA) is 96.2 Å². The molecule has 0 aromatic heterocycles. The Bertz CT molecular complexity index is 718. The van der Waals surface area contributed by atoms with E-state index in [2.05, 4.69) is 28.0 Å². The number of primary amides is 1. The van der Waals surface area contributed by atoms with Gasteiger partial charge in [0.25, 0.3) is 0 Å². The zero-order valence-corrected chi connectivity index (χ0v) is 17.5. The predicted octanol–water partition coefficient (Wildman–Crippen LogP) is 0.134. The maximum absolute atomic E-state index is 13.4. The first-order valence-electron chi connectivity index (χ1n) is 10.0. The van der Waals surface area contributed by atoms with Crippen LogP contribution >= 0.6 is 0 Å². The first kappa shape index (κ1) is 21.3. The molecule has 2 heterocycles. The van der Waals surface area contributed by atoms with E-state index in [9.17, 15) is 13.2 Å². The minimum absolute atomic E-state index is 0.239. The molecule has 158 valence electrons. The molecule has 0 atom stereocenters. The van der Waals surface area contributed by atoms with Gasteiger partial charge in [-0.15, -0.1) is 0 Å². The van der Waals surface area contributed by atoms with Crippen molar-refractivity contribution in [3.63, 3.8) is 0 Å². The number of carbonyl (C=O) groups excluding carboxylic acids is 1. The second kappa shape index (κ2) is 8.94. The van der Waals surface area contributed by atoms with Crippen molar-refractivity contribution in [1.82, 2.24) is 14.1 Å². The highest BCUT2D eigenvalue weighted by molar-refractivity contribution is 7.91. The van der Waals surface area contributed by atoms with Gasteiger partial charge in [0.1, 0.15) is 0 Å². The molecule has 0 saturated carbocycles. The molecule has 0 aromatic rings. The number of methoxy groups -OCH3 is 1. The fraction of sp³-hybridized carbons (Fsp3) is 0.737. The fourth-order valence-corrected chi connectivity index (χ4v) is 6.35. The number of piperazine rings is 1. The number of rotatable bonds is 7. The molecule has 0 bridgehead atoms. The molecule has 8 nitrogen and oxygen atoms in total. The summed E-state index contributed by atoms with van der Waals surface area (Å²) in [4.78, 5) is 16.7. The lowest BCUT2D eigenvalue weighted by atomic mass is 9.95. The van der Waals surface area contributed by atoms with Gasteiger partial charge in [0, 0.05) is 58.6 Å². The van der Waals surface area contributed by atoms with Crippen LogP contribution in [-0.4, -0.2) is 92.7 Å². The molecule has 28 heavy (non-hydrogen) atoms. The zero-order chi connectivity index (χ0) is 20.2. The summed E-state index contributed by atoms with van der Waals surface area (Å²) in [7, 11) is -2.17. The molecule has 0 unspecified atom stereocenters. The number of piperidine rings is 1. The first-order valence-corrected chi connectivity index (χ1v) is 11.5. The van der Waals surface area contributed by atoms with Crippen LogP contribution in [0.2, 0.25) is 0 Å². The molecule has 2 saturated heterocycles. The van der Waals surface area contributed by atoms with Crippen LogP contribution in [0.25, 0.3) is 0 Å². The van der Waals surface area contributed by atoms with Crippen LogP contribution in [0.15, 0.2) is 23.9 Å². The van der Waals surface area contributed by atoms with Crippen molar-refractivity contribution >= 4 is 15.9 Å². The average molecular weight is 413 g/mol. The van der Waals surface area contributed by atoms with Gasteiger partial charge in [0.15, 0.2) is 4.75 Å². The molecule has 0 radical (unpaired) electrons. The van der Waals surface area contributed by atoms with E-state index in [-0.39, 0.29) is 12.8 Å². The van der Waals surface area contributed by atoms with Crippen molar-refractivity contribution in [2.45, 2.75) is 30.4 Å². The van der Waals surface area contributed by atoms with Crippen molar-refractivity contribution in [1.29, 1.82) is 0 Å². The summed E-state index contributed by atoms with van der Waals surface area (Å²) in [5, 5.41) is 0. The fourth-order valence-electron chi connectivity index (χ4n) is 4.26. The van der Waals surface area contributed by atoms with Crippen LogP contribution in [0.4, 0.5) is 0 Å². The molecule has 0 spiro atoms. The summed E-state index contributed by atoms with van der Waals surface area (Å²) < 4.78 is 32.0. The number of nitrogens with two attached hydrogens (primary N) is 1. The average Bonchev–Trinajstić information content (AvgIpc) is 2.73. The van der Waals surface area contributed by atoms with Gasteiger partial charge in [-0.3, -0.25) is 4.79 Å². The van der Waals surface area contributed by atoms with E-state index in [1.54, 1.807) is 7.11 Å². The summed E-state index contributed by atoms with van der Waals surface area (Å²) in [5.74, 6) is -0.723. The summed E-state index contributed by atoms with van der Waals surface area (Å²) >= 11 is 0. The van der Waals surface area contributed by atoms with Crippen molar-refractivity contribution in [2.24, 2.45) is 5.73 Å². The number of allylic oxidation sites excluding steroid dienone is 3. The molecule has 2 aliphatic heterocycles. The Kier molecular flexibility index (Phi) is 6.80. The normalized spacial score (nSPS) is 24.2. The number of nitrogens with zero attached hydrogens (tertiary/aromatic N) is 3. The Labute approximate surface area is 168 Å². The molecule has 3 rings (SSSR count). The SMILES string of the molecule is COCCN1CCC(C(N)=O)(S(=O)(=O)N2CCN(C3=CCCC=C3)CC2)CC1. The van der Waals surface area contributed by atoms with E-state index in [1.807, 2.05) is 0 Å². The number of likely N-dealkylation sites (tertiary alicyclic amines) is 1. The quantitative estimate of drug-likeness (QED) is 0.639. The van der Waals surface area contributed by atoms with E-state index in [4.69, 9.17) is 10.5 Å². The lowest BCUT2D eigenvalue weighted by Crippen LogP contribution is -2.63. The summed E-state index contributed by atoms with van der Waals surface area (Å²) in [5.41, 5.74) is 6.83. The largest absolute Gasteiger partial charge is 0.383 e. The van der Waals surface area contributed by atoms with Gasteiger partial charge in [-0.25, -0.2) is 8.42 Å². The van der Waals surface area contributed by atoms with E-state index in [0.29, 0.717) is 45.9 Å². The van der Waals surface area contributed by atoms with Crippen molar-refractivity contribution < 1.29 is 17.9 Å². The maximum Gasteiger partial charge on any atom is 0.240 e. The van der Waals surface area contributed by atoms with Gasteiger partial charge in [-0.2, -0.15) is 4.31 Å².